The van der Waals surface area contributed by atoms with Gasteiger partial charge in [0, 0.05) is 0 Å². The van der Waals surface area contributed by atoms with Gasteiger partial charge in [0.25, 0.3) is 0 Å². The van der Waals surface area contributed by atoms with Crippen LogP contribution in [-0.2, 0) is 36.6 Å². The van der Waals surface area contributed by atoms with E-state index >= 15 is 0 Å². The van der Waals surface area contributed by atoms with Gasteiger partial charge in [0.05, 0.1) is 0 Å². The Morgan fingerprint density at radius 1 is 0.920 bits per heavy atom. The van der Waals surface area contributed by atoms with E-state index in [0.717, 1.165) is 12.8 Å². The molecule has 0 saturated carbocycles. The molecule has 0 saturated heterocycles. The molecule has 0 aromatic heterocycles. The van der Waals surface area contributed by atoms with Gasteiger partial charge in [-0.05, 0) is 0 Å². The Bertz CT molecular complexity index is 745. The van der Waals surface area contributed by atoms with E-state index in [0.29, 0.717) is 0 Å². The summed E-state index contributed by atoms with van der Waals surface area (Å²) in [6, 6.07) is 15.9. The number of fused-ring (bicyclic) bond motifs is 1. The van der Waals surface area contributed by atoms with Crippen LogP contribution in [0.5, 0.6) is 0 Å². The fraction of sp³-hybridized carbons (Fsp3) is 0.300. The maximum absolute atomic E-state index is 2.47. The Kier molecular flexibility index (Phi) is 10.3. The van der Waals surface area contributed by atoms with E-state index in [1.165, 1.54) is 5.56 Å². The van der Waals surface area contributed by atoms with Gasteiger partial charge in [0.2, 0.25) is 0 Å². The summed E-state index contributed by atoms with van der Waals surface area (Å²) in [5, 5.41) is 1.66. The van der Waals surface area contributed by atoms with E-state index in [1.807, 2.05) is 0 Å². The smallest absolute Gasteiger partial charge is 0.147 e. The van der Waals surface area contributed by atoms with Gasteiger partial charge in [-0.1, -0.05) is 0 Å². The number of hydrogen-bond donors (Lipinski definition) is 0. The van der Waals surface area contributed by atoms with Gasteiger partial charge in [-0.2, -0.15) is 0 Å². The van der Waals surface area contributed by atoms with E-state index < -0.39 is 9.52 Å². The quantitative estimate of drug-likeness (QED) is 0.596. The van der Waals surface area contributed by atoms with Crippen LogP contribution in [0.3, 0.4) is 0 Å². The van der Waals surface area contributed by atoms with Crippen molar-refractivity contribution in [3.05, 3.63) is 70.3 Å². The molecule has 1 aliphatic rings. The van der Waals surface area contributed by atoms with Crippen LogP contribution in [0, 0.1) is 0 Å². The minimum Gasteiger partial charge on any atom is -0.147 e. The van der Waals surface area contributed by atoms with Crippen LogP contribution in [0.4, 0.5) is 0 Å². The maximum atomic E-state index is 2.47. The first-order valence-corrected chi connectivity index (χ1v) is 10.4. The minimum absolute atomic E-state index is 0. The molecule has 25 heavy (non-hydrogen) atoms. The molecule has 0 fully saturated rings. The molecule has 0 nitrogen and oxygen atoms in total. The molecule has 5 heteroatoms. The number of benzene rings is 2. The number of hydrogen-bond acceptors (Lipinski definition) is 0. The predicted molar refractivity (Wildman–Crippen MR) is 117 cm³/mol. The third-order valence-corrected chi connectivity index (χ3v) is 9.40. The third kappa shape index (κ3) is 4.64. The average molecular weight is 449 g/mol. The van der Waals surface area contributed by atoms with Crippen LogP contribution in [0.25, 0.3) is 6.08 Å². The van der Waals surface area contributed by atoms with Crippen LogP contribution < -0.4 is 5.19 Å². The minimum atomic E-state index is -0.426. The van der Waals surface area contributed by atoms with Crippen LogP contribution in [0.15, 0.2) is 48.0 Å². The zero-order chi connectivity index (χ0) is 15.7. The number of aryl methyl sites for hydroxylation is 1. The first-order valence-electron chi connectivity index (χ1n) is 8.23. The molecule has 0 bridgehead atoms. The molecule has 1 aliphatic carbocycles. The SMILES string of the molecule is CCc1cccc([SiH2][C]2([Ti])C(C)=Cc3ccccc32)c1CC.Cl.Cl.Cl. The summed E-state index contributed by atoms with van der Waals surface area (Å²) >= 11 is 2.47. The standard InChI is InChI=1S/C20H23Si.3ClH.Ti/c1-4-15-10-8-12-19(17(15)5-2)21-20-14(3)13-16-9-6-7-11-18(16)20;;;;/h6-13H,4-5,21H2,1-3H3;3*1H;. The average Bonchev–Trinajstić information content (AvgIpc) is 2.78. The summed E-state index contributed by atoms with van der Waals surface area (Å²) in [4.78, 5) is 0. The monoisotopic (exact) mass is 447 g/mol. The second kappa shape index (κ2) is 10.4. The fourth-order valence-electron chi connectivity index (χ4n) is 3.74. The van der Waals surface area contributed by atoms with Crippen molar-refractivity contribution < 1.29 is 20.4 Å². The fourth-order valence-corrected chi connectivity index (χ4v) is 7.51. The molecule has 1 atom stereocenters. The summed E-state index contributed by atoms with van der Waals surface area (Å²) in [7, 11) is -0.426. The van der Waals surface area contributed by atoms with Gasteiger partial charge >= 0.3 is 148 Å². The second-order valence-corrected chi connectivity index (χ2v) is 10.9. The summed E-state index contributed by atoms with van der Waals surface area (Å²) in [6.45, 7) is 6.90. The Hall–Kier alpha value is -0.0188. The predicted octanol–water partition coefficient (Wildman–Crippen LogP) is 4.69. The van der Waals surface area contributed by atoms with Crippen molar-refractivity contribution in [3.8, 4) is 0 Å². The number of halogens is 3. The van der Waals surface area contributed by atoms with Crippen molar-refractivity contribution in [3.63, 3.8) is 0 Å². The van der Waals surface area contributed by atoms with Crippen LogP contribution in [-0.4, -0.2) is 9.52 Å². The molecular formula is C20H26Cl3SiTi. The van der Waals surface area contributed by atoms with E-state index in [-0.39, 0.29) is 40.6 Å². The van der Waals surface area contributed by atoms with Crippen LogP contribution in [0.1, 0.15) is 43.0 Å². The first kappa shape index (κ1) is 25.0. The molecule has 0 N–H and O–H groups in total. The molecule has 135 valence electrons. The van der Waals surface area contributed by atoms with E-state index in [9.17, 15) is 0 Å². The zero-order valence-electron chi connectivity index (χ0n) is 15.0. The Labute approximate surface area is 184 Å². The zero-order valence-corrected chi connectivity index (χ0v) is 20.4. The number of rotatable bonds is 4. The number of allylic oxidation sites excluding steroid dienone is 1. The molecular weight excluding hydrogens is 423 g/mol. The maximum Gasteiger partial charge on any atom is -0.147 e. The molecule has 0 heterocycles. The molecule has 0 amide bonds. The van der Waals surface area contributed by atoms with Gasteiger partial charge in [-0.15, -0.1) is 37.2 Å². The van der Waals surface area contributed by atoms with Crippen molar-refractivity contribution in [1.82, 2.24) is 0 Å². The molecule has 0 spiro atoms. The second-order valence-electron chi connectivity index (χ2n) is 6.26. The Morgan fingerprint density at radius 2 is 1.60 bits per heavy atom. The topological polar surface area (TPSA) is 0 Å². The van der Waals surface area contributed by atoms with E-state index in [1.54, 1.807) is 27.5 Å². The van der Waals surface area contributed by atoms with Gasteiger partial charge in [0.1, 0.15) is 0 Å². The van der Waals surface area contributed by atoms with Crippen molar-refractivity contribution in [2.45, 2.75) is 37.0 Å². The summed E-state index contributed by atoms with van der Waals surface area (Å²) in [6.07, 6.45) is 4.71. The van der Waals surface area contributed by atoms with Gasteiger partial charge in [-0.25, -0.2) is 0 Å². The third-order valence-electron chi connectivity index (χ3n) is 5.03. The molecule has 2 aromatic rings. The first-order chi connectivity index (χ1) is 10.6. The van der Waals surface area contributed by atoms with Crippen LogP contribution in [0.2, 0.25) is 0 Å². The molecule has 1 unspecified atom stereocenters. The van der Waals surface area contributed by atoms with Crippen molar-refractivity contribution >= 4 is 58.0 Å². The van der Waals surface area contributed by atoms with Crippen molar-refractivity contribution in [2.75, 3.05) is 0 Å². The molecule has 3 rings (SSSR count). The van der Waals surface area contributed by atoms with Crippen LogP contribution >= 0.6 is 37.2 Å². The van der Waals surface area contributed by atoms with Gasteiger partial charge < -0.3 is 0 Å². The van der Waals surface area contributed by atoms with E-state index in [2.05, 4.69) is 89.7 Å². The van der Waals surface area contributed by atoms with Crippen molar-refractivity contribution in [2.24, 2.45) is 0 Å². The summed E-state index contributed by atoms with van der Waals surface area (Å²) in [5.74, 6) is 0. The van der Waals surface area contributed by atoms with E-state index in [4.69, 9.17) is 0 Å². The molecule has 2 aromatic carbocycles. The normalized spacial score (nSPS) is 17.9. The Morgan fingerprint density at radius 3 is 2.24 bits per heavy atom. The van der Waals surface area contributed by atoms with Crippen molar-refractivity contribution in [1.29, 1.82) is 0 Å². The molecule has 0 radical (unpaired) electrons. The van der Waals surface area contributed by atoms with Gasteiger partial charge in [-0.3, -0.25) is 0 Å². The van der Waals surface area contributed by atoms with Gasteiger partial charge in [0.15, 0.2) is 0 Å². The summed E-state index contributed by atoms with van der Waals surface area (Å²) in [5.41, 5.74) is 7.69. The largest absolute Gasteiger partial charge is 0.147 e. The summed E-state index contributed by atoms with van der Waals surface area (Å²) < 4.78 is 0.271. The molecule has 0 aliphatic heterocycles. The Balaban J connectivity index is 0.00000192.